The first-order valence-electron chi connectivity index (χ1n) is 7.98. The first-order valence-corrected chi connectivity index (χ1v) is 8.43. The fraction of sp³-hybridized carbons (Fsp3) is 0.211. The lowest BCUT2D eigenvalue weighted by molar-refractivity contribution is -0.163. The molecule has 0 aromatic heterocycles. The Morgan fingerprint density at radius 1 is 0.926 bits per heavy atom. The van der Waals surface area contributed by atoms with Crippen molar-refractivity contribution in [2.45, 2.75) is 24.0 Å². The lowest BCUT2D eigenvalue weighted by atomic mass is 9.99. The van der Waals surface area contributed by atoms with Crippen molar-refractivity contribution in [1.29, 1.82) is 0 Å². The molecule has 2 atom stereocenters. The molecule has 0 aliphatic heterocycles. The van der Waals surface area contributed by atoms with E-state index in [4.69, 9.17) is 15.2 Å². The van der Waals surface area contributed by atoms with E-state index in [0.29, 0.717) is 11.1 Å². The SMILES string of the molecule is NC(C(=O)OCc1ccccc1)C(S)(C(=O)O)C(=O)OCc1ccccc1. The van der Waals surface area contributed by atoms with Crippen molar-refractivity contribution in [2.24, 2.45) is 5.73 Å². The maximum Gasteiger partial charge on any atom is 0.336 e. The second kappa shape index (κ2) is 9.20. The molecule has 0 aliphatic carbocycles. The van der Waals surface area contributed by atoms with Gasteiger partial charge in [-0.05, 0) is 11.1 Å². The molecule has 0 heterocycles. The van der Waals surface area contributed by atoms with Gasteiger partial charge in [-0.25, -0.2) is 4.79 Å². The van der Waals surface area contributed by atoms with Crippen molar-refractivity contribution in [2.75, 3.05) is 0 Å². The molecule has 0 saturated carbocycles. The lowest BCUT2D eigenvalue weighted by Crippen LogP contribution is -2.60. The highest BCUT2D eigenvalue weighted by molar-refractivity contribution is 7.83. The first-order chi connectivity index (χ1) is 12.9. The van der Waals surface area contributed by atoms with Crippen LogP contribution in [0.15, 0.2) is 60.7 Å². The Balaban J connectivity index is 2.04. The van der Waals surface area contributed by atoms with E-state index in [2.05, 4.69) is 12.6 Å². The largest absolute Gasteiger partial charge is 0.480 e. The van der Waals surface area contributed by atoms with Gasteiger partial charge in [-0.3, -0.25) is 9.59 Å². The standard InChI is InChI=1S/C19H19NO6S/c20-15(16(21)25-11-13-7-3-1-4-8-13)19(27,17(22)23)18(24)26-12-14-9-5-2-6-10-14/h1-10,15,27H,11-12,20H2,(H,22,23). The number of ether oxygens (including phenoxy) is 2. The van der Waals surface area contributed by atoms with Gasteiger partial charge in [0.2, 0.25) is 4.75 Å². The third kappa shape index (κ3) is 5.08. The molecule has 142 valence electrons. The highest BCUT2D eigenvalue weighted by Gasteiger charge is 2.54. The van der Waals surface area contributed by atoms with Crippen LogP contribution in [0, 0.1) is 0 Å². The number of nitrogens with two attached hydrogens (primary N) is 1. The minimum absolute atomic E-state index is 0.115. The summed E-state index contributed by atoms with van der Waals surface area (Å²) in [5.74, 6) is -4.02. The topological polar surface area (TPSA) is 116 Å². The van der Waals surface area contributed by atoms with Crippen molar-refractivity contribution in [3.05, 3.63) is 71.8 Å². The fourth-order valence-corrected chi connectivity index (χ4v) is 2.34. The molecule has 2 rings (SSSR count). The fourth-order valence-electron chi connectivity index (χ4n) is 2.17. The Hall–Kier alpha value is -2.84. The van der Waals surface area contributed by atoms with E-state index in [1.165, 1.54) is 0 Å². The van der Waals surface area contributed by atoms with Crippen LogP contribution in [0.5, 0.6) is 0 Å². The summed E-state index contributed by atoms with van der Waals surface area (Å²) in [7, 11) is 0. The monoisotopic (exact) mass is 389 g/mol. The van der Waals surface area contributed by atoms with Gasteiger partial charge < -0.3 is 20.3 Å². The van der Waals surface area contributed by atoms with E-state index in [0.717, 1.165) is 0 Å². The molecule has 0 radical (unpaired) electrons. The Kier molecular flexibility index (Phi) is 6.98. The smallest absolute Gasteiger partial charge is 0.336 e. The van der Waals surface area contributed by atoms with Crippen LogP contribution in [0.2, 0.25) is 0 Å². The normalized spacial score (nSPS) is 13.9. The molecule has 2 aromatic rings. The molecule has 27 heavy (non-hydrogen) atoms. The van der Waals surface area contributed by atoms with E-state index < -0.39 is 28.7 Å². The molecule has 0 bridgehead atoms. The lowest BCUT2D eigenvalue weighted by Gasteiger charge is -2.26. The highest BCUT2D eigenvalue weighted by Crippen LogP contribution is 2.23. The van der Waals surface area contributed by atoms with Crippen LogP contribution >= 0.6 is 12.6 Å². The third-order valence-corrected chi connectivity index (χ3v) is 4.43. The average molecular weight is 389 g/mol. The average Bonchev–Trinajstić information content (AvgIpc) is 2.70. The molecule has 0 spiro atoms. The number of carboxylic acid groups (broad SMARTS) is 1. The van der Waals surface area contributed by atoms with Crippen LogP contribution in [-0.2, 0) is 37.1 Å². The molecular weight excluding hydrogens is 370 g/mol. The van der Waals surface area contributed by atoms with Gasteiger partial charge in [-0.2, -0.15) is 0 Å². The summed E-state index contributed by atoms with van der Waals surface area (Å²) in [5.41, 5.74) is 7.03. The van der Waals surface area contributed by atoms with Gasteiger partial charge in [0.15, 0.2) is 0 Å². The summed E-state index contributed by atoms with van der Waals surface area (Å²) >= 11 is 3.87. The van der Waals surface area contributed by atoms with E-state index >= 15 is 0 Å². The number of carbonyl (C=O) groups is 3. The first kappa shape index (κ1) is 20.5. The maximum atomic E-state index is 12.3. The van der Waals surface area contributed by atoms with Crippen molar-refractivity contribution in [1.82, 2.24) is 0 Å². The molecule has 2 unspecified atom stereocenters. The number of esters is 2. The Bertz CT molecular complexity index is 798. The molecule has 8 heteroatoms. The minimum atomic E-state index is -2.58. The molecule has 0 aliphatic rings. The van der Waals surface area contributed by atoms with Gasteiger partial charge in [0.25, 0.3) is 0 Å². The number of hydrogen-bond acceptors (Lipinski definition) is 7. The quantitative estimate of drug-likeness (QED) is 0.356. The summed E-state index contributed by atoms with van der Waals surface area (Å²) in [4.78, 5) is 36.1. The van der Waals surface area contributed by atoms with Crippen LogP contribution in [0.25, 0.3) is 0 Å². The summed E-state index contributed by atoms with van der Waals surface area (Å²) in [6, 6.07) is 15.5. The number of carbonyl (C=O) groups excluding carboxylic acids is 2. The second-order valence-corrected chi connectivity index (χ2v) is 6.41. The van der Waals surface area contributed by atoms with Crippen LogP contribution in [-0.4, -0.2) is 33.8 Å². The third-order valence-electron chi connectivity index (χ3n) is 3.78. The molecule has 0 fully saturated rings. The molecule has 2 aromatic carbocycles. The number of carboxylic acids is 1. The Morgan fingerprint density at radius 2 is 1.37 bits per heavy atom. The van der Waals surface area contributed by atoms with Gasteiger partial charge in [0.05, 0.1) is 0 Å². The van der Waals surface area contributed by atoms with Gasteiger partial charge >= 0.3 is 17.9 Å². The van der Waals surface area contributed by atoms with Gasteiger partial charge in [-0.15, -0.1) is 12.6 Å². The van der Waals surface area contributed by atoms with Crippen molar-refractivity contribution >= 4 is 30.5 Å². The van der Waals surface area contributed by atoms with Gasteiger partial charge in [-0.1, -0.05) is 60.7 Å². The minimum Gasteiger partial charge on any atom is -0.480 e. The summed E-state index contributed by atoms with van der Waals surface area (Å²) in [5, 5.41) is 9.44. The summed E-state index contributed by atoms with van der Waals surface area (Å²) in [6.45, 7) is -0.295. The van der Waals surface area contributed by atoms with Crippen LogP contribution in [0.3, 0.4) is 0 Å². The zero-order chi connectivity index (χ0) is 19.9. The Morgan fingerprint density at radius 3 is 1.81 bits per heavy atom. The van der Waals surface area contributed by atoms with Crippen LogP contribution in [0.1, 0.15) is 11.1 Å². The second-order valence-electron chi connectivity index (χ2n) is 5.70. The molecule has 0 amide bonds. The van der Waals surface area contributed by atoms with E-state index in [1.54, 1.807) is 60.7 Å². The van der Waals surface area contributed by atoms with E-state index in [1.807, 2.05) is 0 Å². The predicted molar refractivity (Wildman–Crippen MR) is 99.8 cm³/mol. The van der Waals surface area contributed by atoms with Crippen molar-refractivity contribution < 1.29 is 29.0 Å². The zero-order valence-electron chi connectivity index (χ0n) is 14.3. The van der Waals surface area contributed by atoms with Gasteiger partial charge in [0.1, 0.15) is 19.3 Å². The summed E-state index contributed by atoms with van der Waals surface area (Å²) < 4.78 is 7.44. The molecule has 0 saturated heterocycles. The molecule has 7 nitrogen and oxygen atoms in total. The molecular formula is C19H19NO6S. The van der Waals surface area contributed by atoms with Crippen LogP contribution in [0.4, 0.5) is 0 Å². The number of hydrogen-bond donors (Lipinski definition) is 3. The number of rotatable bonds is 8. The maximum absolute atomic E-state index is 12.3. The number of thiol groups is 1. The predicted octanol–water partition coefficient (Wildman–Crippen LogP) is 1.55. The zero-order valence-corrected chi connectivity index (χ0v) is 15.2. The van der Waals surface area contributed by atoms with E-state index in [9.17, 15) is 19.5 Å². The van der Waals surface area contributed by atoms with Crippen molar-refractivity contribution in [3.8, 4) is 0 Å². The summed E-state index contributed by atoms with van der Waals surface area (Å²) in [6.07, 6.45) is 0. The Labute approximate surface area is 161 Å². The number of benzene rings is 2. The number of aliphatic carboxylic acids is 1. The van der Waals surface area contributed by atoms with Crippen LogP contribution < -0.4 is 5.73 Å². The highest BCUT2D eigenvalue weighted by atomic mass is 32.1. The van der Waals surface area contributed by atoms with Gasteiger partial charge in [0, 0.05) is 0 Å². The van der Waals surface area contributed by atoms with Crippen molar-refractivity contribution in [3.63, 3.8) is 0 Å². The van der Waals surface area contributed by atoms with E-state index in [-0.39, 0.29) is 13.2 Å². The molecule has 3 N–H and O–H groups in total.